The lowest BCUT2D eigenvalue weighted by atomic mass is 9.76. The summed E-state index contributed by atoms with van der Waals surface area (Å²) in [5, 5.41) is 19.1. The van der Waals surface area contributed by atoms with E-state index in [9.17, 15) is 18.0 Å². The Kier molecular flexibility index (Phi) is 11.5. The van der Waals surface area contributed by atoms with Gasteiger partial charge in [0.1, 0.15) is 12.4 Å². The van der Waals surface area contributed by atoms with Crippen molar-refractivity contribution < 1.29 is 27.3 Å². The van der Waals surface area contributed by atoms with Crippen LogP contribution in [0.1, 0.15) is 81.1 Å². The highest BCUT2D eigenvalue weighted by Crippen LogP contribution is 2.41. The monoisotopic (exact) mass is 724 g/mol. The van der Waals surface area contributed by atoms with Gasteiger partial charge in [-0.25, -0.2) is 17.9 Å². The van der Waals surface area contributed by atoms with Crippen LogP contribution in [-0.2, 0) is 32.7 Å². The van der Waals surface area contributed by atoms with Gasteiger partial charge in [0.25, 0.3) is 0 Å². The predicted octanol–water partition coefficient (Wildman–Crippen LogP) is 7.29. The minimum Gasteiger partial charge on any atom is -0.403 e. The molecule has 2 N–H and O–H groups in total. The second-order valence-corrected chi connectivity index (χ2v) is 14.3. The van der Waals surface area contributed by atoms with Gasteiger partial charge in [-0.15, -0.1) is 5.10 Å². The highest BCUT2D eigenvalue weighted by Gasteiger charge is 2.50. The van der Waals surface area contributed by atoms with Crippen LogP contribution in [0.25, 0.3) is 0 Å². The lowest BCUT2D eigenvalue weighted by molar-refractivity contribution is -0.122. The van der Waals surface area contributed by atoms with E-state index in [0.29, 0.717) is 24.6 Å². The highest BCUT2D eigenvalue weighted by molar-refractivity contribution is 6.45. The number of aromatic nitrogens is 4. The van der Waals surface area contributed by atoms with Crippen LogP contribution < -0.4 is 10.6 Å². The largest absolute Gasteiger partial charge is 0.457 e. The molecule has 2 heterocycles. The Morgan fingerprint density at radius 1 is 0.830 bits per heavy atom. The molecule has 0 aliphatic carbocycles. The van der Waals surface area contributed by atoms with Crippen molar-refractivity contribution in [2.75, 3.05) is 0 Å². The van der Waals surface area contributed by atoms with Crippen molar-refractivity contribution in [3.8, 4) is 0 Å². The molecule has 1 aromatic heterocycles. The minimum absolute atomic E-state index is 0.312. The van der Waals surface area contributed by atoms with Crippen LogP contribution in [0.5, 0.6) is 0 Å². The minimum atomic E-state index is -1.33. The molecule has 5 aromatic rings. The van der Waals surface area contributed by atoms with Crippen molar-refractivity contribution in [3.05, 3.63) is 149 Å². The van der Waals surface area contributed by atoms with Gasteiger partial charge >= 0.3 is 7.12 Å². The number of amides is 1. The first-order valence-electron chi connectivity index (χ1n) is 17.9. The smallest absolute Gasteiger partial charge is 0.403 e. The molecule has 0 saturated carbocycles. The normalized spacial score (nSPS) is 15.7. The zero-order chi connectivity index (χ0) is 37.6. The summed E-state index contributed by atoms with van der Waals surface area (Å²) in [5.74, 6) is -3.66. The Balaban J connectivity index is 1.32. The highest BCUT2D eigenvalue weighted by atomic mass is 19.2. The molecule has 53 heavy (non-hydrogen) atoms. The first-order chi connectivity index (χ1) is 25.4. The average molecular weight is 725 g/mol. The lowest BCUT2D eigenvalue weighted by Crippen LogP contribution is -2.47. The number of nitrogens with one attached hydrogen (secondary N) is 2. The van der Waals surface area contributed by atoms with Gasteiger partial charge in [-0.3, -0.25) is 10.1 Å². The van der Waals surface area contributed by atoms with Gasteiger partial charge < -0.3 is 14.6 Å². The third kappa shape index (κ3) is 8.37. The number of benzene rings is 4. The Morgan fingerprint density at radius 2 is 1.38 bits per heavy atom. The van der Waals surface area contributed by atoms with Gasteiger partial charge in [0, 0.05) is 18.2 Å². The van der Waals surface area contributed by atoms with E-state index in [0.717, 1.165) is 35.6 Å². The maximum atomic E-state index is 14.3. The molecule has 1 saturated heterocycles. The molecule has 9 nitrogen and oxygen atoms in total. The van der Waals surface area contributed by atoms with Crippen LogP contribution in [0.2, 0.25) is 6.32 Å². The number of carbonyl (C=O) groups is 1. The summed E-state index contributed by atoms with van der Waals surface area (Å²) in [6.07, 6.45) is 2.77. The third-order valence-corrected chi connectivity index (χ3v) is 10.2. The summed E-state index contributed by atoms with van der Waals surface area (Å²) >= 11 is 0. The van der Waals surface area contributed by atoms with Crippen LogP contribution in [0.3, 0.4) is 0 Å². The van der Waals surface area contributed by atoms with Crippen LogP contribution in [-0.4, -0.2) is 44.4 Å². The number of rotatable bonds is 15. The van der Waals surface area contributed by atoms with Gasteiger partial charge in [-0.1, -0.05) is 104 Å². The molecule has 1 aliphatic rings. The molecule has 4 aromatic carbocycles. The number of halogens is 3. The van der Waals surface area contributed by atoms with E-state index in [1.54, 1.807) is 0 Å². The molecule has 0 bridgehead atoms. The van der Waals surface area contributed by atoms with Crippen molar-refractivity contribution in [2.45, 2.75) is 89.1 Å². The lowest BCUT2D eigenvalue weighted by Gasteiger charge is -2.40. The van der Waals surface area contributed by atoms with Gasteiger partial charge in [0.05, 0.1) is 22.8 Å². The Hall–Kier alpha value is -4.85. The number of unbranched alkanes of at least 4 members (excludes halogenated alkanes) is 1. The fraction of sp³-hybridized carbons (Fsp3) is 0.350. The van der Waals surface area contributed by atoms with Gasteiger partial charge in [-0.05, 0) is 73.6 Å². The fourth-order valence-electron chi connectivity index (χ4n) is 6.78. The first kappa shape index (κ1) is 37.9. The summed E-state index contributed by atoms with van der Waals surface area (Å²) in [7, 11) is -0.339. The second kappa shape index (κ2) is 16.0. The molecule has 276 valence electrons. The Morgan fingerprint density at radius 3 is 1.92 bits per heavy atom. The number of hydrogen-bond acceptors (Lipinski definition) is 7. The first-order valence-corrected chi connectivity index (χ1v) is 17.9. The molecular weight excluding hydrogens is 680 g/mol. The van der Waals surface area contributed by atoms with Gasteiger partial charge in [0.15, 0.2) is 17.5 Å². The molecule has 1 fully saturated rings. The zero-order valence-electron chi connectivity index (χ0n) is 30.4. The molecule has 0 radical (unpaired) electrons. The van der Waals surface area contributed by atoms with E-state index >= 15 is 0 Å². The van der Waals surface area contributed by atoms with Crippen LogP contribution >= 0.6 is 0 Å². The van der Waals surface area contributed by atoms with E-state index in [4.69, 9.17) is 9.31 Å². The maximum Gasteiger partial charge on any atom is 0.457 e. The van der Waals surface area contributed by atoms with Crippen LogP contribution in [0, 0.1) is 17.5 Å². The number of hydrogen-bond donors (Lipinski definition) is 2. The van der Waals surface area contributed by atoms with Crippen molar-refractivity contribution in [3.63, 3.8) is 0 Å². The van der Waals surface area contributed by atoms with Crippen molar-refractivity contribution in [1.29, 1.82) is 0 Å². The standard InChI is InChI=1S/C40H44BF3N6O3/c1-38(2)39(3,4)53-41(52-38)23-15-14-22-34(37-47-48-49-50(37)27-35(51)45-26-28-24-32(42)25-33(43)36(28)44)46-40(29-16-8-5-9-17-29,30-18-10-6-11-19-30)31-20-12-7-13-21-31/h5-13,16-21,24-25,34,46H,14-15,22-23,26-27H2,1-4H3,(H,45,51). The Bertz CT molecular complexity index is 1870. The van der Waals surface area contributed by atoms with E-state index in [1.807, 2.05) is 82.3 Å². The van der Waals surface area contributed by atoms with E-state index in [1.165, 1.54) is 4.68 Å². The van der Waals surface area contributed by atoms with Gasteiger partial charge in [-0.2, -0.15) is 0 Å². The number of tetrazole rings is 1. The van der Waals surface area contributed by atoms with Crippen molar-refractivity contribution in [2.24, 2.45) is 0 Å². The molecule has 13 heteroatoms. The number of carbonyl (C=O) groups excluding carboxylic acids is 1. The molecule has 1 aliphatic heterocycles. The molecular formula is C40H44BF3N6O3. The summed E-state index contributed by atoms with van der Waals surface area (Å²) in [5.41, 5.74) is 0.910. The van der Waals surface area contributed by atoms with E-state index < -0.39 is 52.7 Å². The molecule has 6 rings (SSSR count). The third-order valence-electron chi connectivity index (χ3n) is 10.2. The SMILES string of the molecule is CC1(C)OB(CCCCC(NC(c2ccccc2)(c2ccccc2)c2ccccc2)c2nnnn2CC(=O)NCc2cc(F)cc(F)c2F)OC1(C)C. The topological polar surface area (TPSA) is 103 Å². The van der Waals surface area contributed by atoms with Gasteiger partial charge in [0.2, 0.25) is 5.91 Å². The molecule has 1 atom stereocenters. The van der Waals surface area contributed by atoms with Crippen LogP contribution in [0.15, 0.2) is 103 Å². The summed E-state index contributed by atoms with van der Waals surface area (Å²) in [4.78, 5) is 13.2. The fourth-order valence-corrected chi connectivity index (χ4v) is 6.78. The molecule has 0 spiro atoms. The number of nitrogens with zero attached hydrogens (tertiary/aromatic N) is 4. The van der Waals surface area contributed by atoms with Crippen molar-refractivity contribution >= 4 is 13.0 Å². The van der Waals surface area contributed by atoms with E-state index in [2.05, 4.69) is 62.6 Å². The van der Waals surface area contributed by atoms with E-state index in [-0.39, 0.29) is 19.2 Å². The zero-order valence-corrected chi connectivity index (χ0v) is 30.4. The quantitative estimate of drug-likeness (QED) is 0.0506. The second-order valence-electron chi connectivity index (χ2n) is 14.3. The summed E-state index contributed by atoms with van der Waals surface area (Å²) in [6.45, 7) is 7.40. The van der Waals surface area contributed by atoms with Crippen LogP contribution in [0.4, 0.5) is 13.2 Å². The summed E-state index contributed by atoms with van der Waals surface area (Å²) < 4.78 is 55.8. The maximum absolute atomic E-state index is 14.3. The predicted molar refractivity (Wildman–Crippen MR) is 196 cm³/mol. The van der Waals surface area contributed by atoms with Crippen molar-refractivity contribution in [1.82, 2.24) is 30.8 Å². The summed E-state index contributed by atoms with van der Waals surface area (Å²) in [6, 6.07) is 31.2. The molecule has 1 amide bonds. The Labute approximate surface area is 308 Å². The average Bonchev–Trinajstić information content (AvgIpc) is 3.69. The molecule has 1 unspecified atom stereocenters.